The molecule has 0 radical (unpaired) electrons. The predicted octanol–water partition coefficient (Wildman–Crippen LogP) is 2.90. The van der Waals surface area contributed by atoms with Crippen LogP contribution in [-0.2, 0) is 11.2 Å². The molecule has 0 saturated heterocycles. The van der Waals surface area contributed by atoms with Crippen molar-refractivity contribution in [2.24, 2.45) is 0 Å². The standard InChI is InChI=1S/C23H30N2O7/c1-6-11-32-17-9-8-16(14-18(17)28-2)23(27)25-24-21(26)10-7-15-12-19(29-3)22(31-5)20(13-15)30-4/h8-9,12-14H,6-7,10-11H2,1-5H3,(H,24,26)(H,25,27). The third-order valence-corrected chi connectivity index (χ3v) is 4.57. The second-order valence-electron chi connectivity index (χ2n) is 6.75. The van der Waals surface area contributed by atoms with Crippen LogP contribution in [0, 0.1) is 0 Å². The number of hydrazine groups is 1. The number of benzene rings is 2. The maximum atomic E-state index is 12.4. The van der Waals surface area contributed by atoms with Crippen LogP contribution in [0.1, 0.15) is 35.7 Å². The lowest BCUT2D eigenvalue weighted by Crippen LogP contribution is -2.41. The van der Waals surface area contributed by atoms with Gasteiger partial charge in [-0.2, -0.15) is 0 Å². The number of nitrogens with one attached hydrogen (secondary N) is 2. The molecular formula is C23H30N2O7. The first kappa shape index (κ1) is 24.6. The van der Waals surface area contributed by atoms with Crippen LogP contribution in [-0.4, -0.2) is 46.9 Å². The molecule has 2 amide bonds. The van der Waals surface area contributed by atoms with Gasteiger partial charge in [-0.1, -0.05) is 6.92 Å². The Balaban J connectivity index is 1.94. The number of carbonyl (C=O) groups is 2. The van der Waals surface area contributed by atoms with Gasteiger partial charge in [0.1, 0.15) is 0 Å². The molecule has 0 aliphatic heterocycles. The summed E-state index contributed by atoms with van der Waals surface area (Å²) in [5.41, 5.74) is 5.98. The van der Waals surface area contributed by atoms with Gasteiger partial charge in [0, 0.05) is 12.0 Å². The number of amides is 2. The zero-order valence-electron chi connectivity index (χ0n) is 19.1. The zero-order valence-corrected chi connectivity index (χ0v) is 19.1. The summed E-state index contributed by atoms with van der Waals surface area (Å²) in [6.45, 7) is 2.54. The van der Waals surface area contributed by atoms with Crippen LogP contribution in [0.15, 0.2) is 30.3 Å². The number of aryl methyl sites for hydroxylation is 1. The largest absolute Gasteiger partial charge is 0.493 e. The van der Waals surface area contributed by atoms with Crippen molar-refractivity contribution >= 4 is 11.8 Å². The summed E-state index contributed by atoms with van der Waals surface area (Å²) in [6, 6.07) is 8.38. The molecular weight excluding hydrogens is 416 g/mol. The van der Waals surface area contributed by atoms with Crippen LogP contribution < -0.4 is 34.5 Å². The highest BCUT2D eigenvalue weighted by atomic mass is 16.5. The van der Waals surface area contributed by atoms with E-state index in [1.54, 1.807) is 30.3 Å². The Morgan fingerprint density at radius 2 is 1.47 bits per heavy atom. The van der Waals surface area contributed by atoms with E-state index in [4.69, 9.17) is 23.7 Å². The number of carbonyl (C=O) groups excluding carboxylic acids is 2. The van der Waals surface area contributed by atoms with Crippen molar-refractivity contribution in [2.75, 3.05) is 35.0 Å². The van der Waals surface area contributed by atoms with Crippen LogP contribution in [0.4, 0.5) is 0 Å². The topological polar surface area (TPSA) is 104 Å². The molecule has 0 aliphatic carbocycles. The molecule has 9 heteroatoms. The van der Waals surface area contributed by atoms with Crippen LogP contribution in [0.5, 0.6) is 28.7 Å². The number of ether oxygens (including phenoxy) is 5. The van der Waals surface area contributed by atoms with Crippen molar-refractivity contribution in [2.45, 2.75) is 26.2 Å². The van der Waals surface area contributed by atoms with Gasteiger partial charge >= 0.3 is 0 Å². The second kappa shape index (κ2) is 12.3. The summed E-state index contributed by atoms with van der Waals surface area (Å²) in [6.07, 6.45) is 1.41. The third kappa shape index (κ3) is 6.44. The second-order valence-corrected chi connectivity index (χ2v) is 6.75. The Morgan fingerprint density at radius 3 is 2.03 bits per heavy atom. The molecule has 0 aromatic heterocycles. The van der Waals surface area contributed by atoms with Crippen molar-refractivity contribution in [3.63, 3.8) is 0 Å². The van der Waals surface area contributed by atoms with Gasteiger partial charge in [-0.25, -0.2) is 0 Å². The van der Waals surface area contributed by atoms with Crippen LogP contribution in [0.25, 0.3) is 0 Å². The van der Waals surface area contributed by atoms with Gasteiger partial charge in [0.15, 0.2) is 23.0 Å². The summed E-state index contributed by atoms with van der Waals surface area (Å²) >= 11 is 0. The first-order chi connectivity index (χ1) is 15.5. The molecule has 0 spiro atoms. The minimum absolute atomic E-state index is 0.145. The fraction of sp³-hybridized carbons (Fsp3) is 0.391. The van der Waals surface area contributed by atoms with Crippen LogP contribution >= 0.6 is 0 Å². The summed E-state index contributed by atoms with van der Waals surface area (Å²) in [4.78, 5) is 24.6. The predicted molar refractivity (Wildman–Crippen MR) is 119 cm³/mol. The molecule has 174 valence electrons. The van der Waals surface area contributed by atoms with E-state index in [0.29, 0.717) is 47.3 Å². The monoisotopic (exact) mass is 446 g/mol. The number of rotatable bonds is 11. The molecule has 32 heavy (non-hydrogen) atoms. The Morgan fingerprint density at radius 1 is 0.812 bits per heavy atom. The molecule has 0 fully saturated rings. The van der Waals surface area contributed by atoms with Crippen molar-refractivity contribution in [1.82, 2.24) is 10.9 Å². The van der Waals surface area contributed by atoms with E-state index in [-0.39, 0.29) is 12.3 Å². The SMILES string of the molecule is CCCOc1ccc(C(=O)NNC(=O)CCc2cc(OC)c(OC)c(OC)c2)cc1OC. The van der Waals surface area contributed by atoms with E-state index in [9.17, 15) is 9.59 Å². The fourth-order valence-corrected chi connectivity index (χ4v) is 2.94. The maximum absolute atomic E-state index is 12.4. The molecule has 0 bridgehead atoms. The average Bonchev–Trinajstić information content (AvgIpc) is 2.83. The first-order valence-electron chi connectivity index (χ1n) is 10.2. The minimum Gasteiger partial charge on any atom is -0.493 e. The van der Waals surface area contributed by atoms with Gasteiger partial charge < -0.3 is 23.7 Å². The average molecular weight is 447 g/mol. The lowest BCUT2D eigenvalue weighted by Gasteiger charge is -2.14. The lowest BCUT2D eigenvalue weighted by atomic mass is 10.1. The highest BCUT2D eigenvalue weighted by Gasteiger charge is 2.15. The number of methoxy groups -OCH3 is 4. The van der Waals surface area contributed by atoms with Crippen molar-refractivity contribution in [3.8, 4) is 28.7 Å². The van der Waals surface area contributed by atoms with Crippen molar-refractivity contribution < 1.29 is 33.3 Å². The van der Waals surface area contributed by atoms with Gasteiger partial charge in [-0.3, -0.25) is 20.4 Å². The Hall–Kier alpha value is -3.62. The quantitative estimate of drug-likeness (QED) is 0.512. The number of hydrogen-bond donors (Lipinski definition) is 2. The van der Waals surface area contributed by atoms with Crippen molar-refractivity contribution in [1.29, 1.82) is 0 Å². The minimum atomic E-state index is -0.466. The van der Waals surface area contributed by atoms with Gasteiger partial charge in [-0.05, 0) is 48.7 Å². The van der Waals surface area contributed by atoms with Crippen molar-refractivity contribution in [3.05, 3.63) is 41.5 Å². The summed E-state index contributed by atoms with van der Waals surface area (Å²) in [5.74, 6) is 1.69. The third-order valence-electron chi connectivity index (χ3n) is 4.57. The Labute approximate surface area is 187 Å². The first-order valence-corrected chi connectivity index (χ1v) is 10.2. The molecule has 0 unspecified atom stereocenters. The molecule has 9 nitrogen and oxygen atoms in total. The molecule has 0 aliphatic rings. The molecule has 0 saturated carbocycles. The maximum Gasteiger partial charge on any atom is 0.269 e. The van der Waals surface area contributed by atoms with Gasteiger partial charge in [-0.15, -0.1) is 0 Å². The van der Waals surface area contributed by atoms with E-state index < -0.39 is 5.91 Å². The molecule has 0 heterocycles. The smallest absolute Gasteiger partial charge is 0.269 e. The molecule has 2 rings (SSSR count). The molecule has 0 atom stereocenters. The highest BCUT2D eigenvalue weighted by molar-refractivity contribution is 5.96. The zero-order chi connectivity index (χ0) is 23.5. The lowest BCUT2D eigenvalue weighted by molar-refractivity contribution is -0.121. The summed E-state index contributed by atoms with van der Waals surface area (Å²) < 4.78 is 26.8. The Kier molecular flexibility index (Phi) is 9.46. The Bertz CT molecular complexity index is 906. The van der Waals surface area contributed by atoms with E-state index in [0.717, 1.165) is 12.0 Å². The summed E-state index contributed by atoms with van der Waals surface area (Å²) in [5, 5.41) is 0. The van der Waals surface area contributed by atoms with E-state index >= 15 is 0 Å². The highest BCUT2D eigenvalue weighted by Crippen LogP contribution is 2.38. The van der Waals surface area contributed by atoms with Gasteiger partial charge in [0.2, 0.25) is 11.7 Å². The van der Waals surface area contributed by atoms with Gasteiger partial charge in [0.25, 0.3) is 5.91 Å². The fourth-order valence-electron chi connectivity index (χ4n) is 2.94. The number of hydrogen-bond acceptors (Lipinski definition) is 7. The molecule has 2 aromatic rings. The van der Waals surface area contributed by atoms with E-state index in [2.05, 4.69) is 10.9 Å². The van der Waals surface area contributed by atoms with Gasteiger partial charge in [0.05, 0.1) is 35.0 Å². The van der Waals surface area contributed by atoms with E-state index in [1.807, 2.05) is 6.92 Å². The van der Waals surface area contributed by atoms with E-state index in [1.165, 1.54) is 28.4 Å². The molecule has 2 N–H and O–H groups in total. The van der Waals surface area contributed by atoms with Crippen LogP contribution in [0.2, 0.25) is 0 Å². The van der Waals surface area contributed by atoms with Crippen LogP contribution in [0.3, 0.4) is 0 Å². The summed E-state index contributed by atoms with van der Waals surface area (Å²) in [7, 11) is 6.08. The molecule has 2 aromatic carbocycles. The normalized spacial score (nSPS) is 10.2.